The number of nitrogens with zero attached hydrogens (tertiary/aromatic N) is 3. The van der Waals surface area contributed by atoms with Crippen molar-refractivity contribution in [2.75, 3.05) is 4.90 Å². The van der Waals surface area contributed by atoms with E-state index >= 15 is 0 Å². The lowest BCUT2D eigenvalue weighted by Crippen LogP contribution is -2.25. The van der Waals surface area contributed by atoms with Crippen molar-refractivity contribution in [3.8, 4) is 6.07 Å². The third-order valence-electron chi connectivity index (χ3n) is 3.07. The first kappa shape index (κ1) is 10.8. The minimum Gasteiger partial charge on any atom is -0.467 e. The zero-order chi connectivity index (χ0) is 12.4. The van der Waals surface area contributed by atoms with Crippen molar-refractivity contribution in [1.82, 2.24) is 4.98 Å². The quantitative estimate of drug-likeness (QED) is 0.823. The number of aromatic nitrogens is 1. The van der Waals surface area contributed by atoms with Crippen LogP contribution in [-0.2, 0) is 6.54 Å². The normalized spacial score (nSPS) is 14.2. The smallest absolute Gasteiger partial charge is 0.129 e. The highest BCUT2D eigenvalue weighted by molar-refractivity contribution is 5.44. The van der Waals surface area contributed by atoms with Crippen LogP contribution < -0.4 is 4.90 Å². The molecule has 2 aromatic heterocycles. The molecule has 0 bridgehead atoms. The zero-order valence-corrected chi connectivity index (χ0v) is 9.91. The molecule has 2 aromatic rings. The first-order valence-electron chi connectivity index (χ1n) is 6.02. The Bertz CT molecular complexity index is 550. The summed E-state index contributed by atoms with van der Waals surface area (Å²) in [4.78, 5) is 6.59. The van der Waals surface area contributed by atoms with E-state index in [1.807, 2.05) is 18.2 Å². The van der Waals surface area contributed by atoms with Crippen molar-refractivity contribution in [2.24, 2.45) is 0 Å². The molecule has 0 amide bonds. The topological polar surface area (TPSA) is 53.1 Å². The molecule has 3 rings (SSSR count). The van der Waals surface area contributed by atoms with E-state index in [0.717, 1.165) is 18.1 Å². The Morgan fingerprint density at radius 2 is 2.28 bits per heavy atom. The van der Waals surface area contributed by atoms with Crippen molar-refractivity contribution < 1.29 is 4.42 Å². The molecule has 0 unspecified atom stereocenters. The minimum absolute atomic E-state index is 0.551. The van der Waals surface area contributed by atoms with E-state index in [1.165, 1.54) is 12.8 Å². The van der Waals surface area contributed by atoms with E-state index in [4.69, 9.17) is 9.68 Å². The molecular formula is C14H13N3O. The van der Waals surface area contributed by atoms with Gasteiger partial charge in [-0.1, -0.05) is 0 Å². The average molecular weight is 239 g/mol. The Balaban J connectivity index is 1.82. The van der Waals surface area contributed by atoms with Gasteiger partial charge in [-0.25, -0.2) is 4.98 Å². The first-order valence-corrected chi connectivity index (χ1v) is 6.02. The average Bonchev–Trinajstić information content (AvgIpc) is 3.13. The second kappa shape index (κ2) is 4.53. The Morgan fingerprint density at radius 1 is 1.39 bits per heavy atom. The SMILES string of the molecule is N#Cc1ccc(N(Cc2ccco2)C2CC2)nc1. The van der Waals surface area contributed by atoms with Crippen LogP contribution in [0.2, 0.25) is 0 Å². The van der Waals surface area contributed by atoms with Gasteiger partial charge in [0.15, 0.2) is 0 Å². The number of rotatable bonds is 4. The van der Waals surface area contributed by atoms with Crippen molar-refractivity contribution >= 4 is 5.82 Å². The highest BCUT2D eigenvalue weighted by atomic mass is 16.3. The van der Waals surface area contributed by atoms with Gasteiger partial charge in [-0.3, -0.25) is 0 Å². The third-order valence-corrected chi connectivity index (χ3v) is 3.07. The van der Waals surface area contributed by atoms with Crippen molar-refractivity contribution in [3.63, 3.8) is 0 Å². The first-order chi connectivity index (χ1) is 8.86. The van der Waals surface area contributed by atoms with Crippen molar-refractivity contribution in [3.05, 3.63) is 48.0 Å². The molecule has 4 heteroatoms. The van der Waals surface area contributed by atoms with Gasteiger partial charge in [0.1, 0.15) is 17.6 Å². The van der Waals surface area contributed by atoms with E-state index in [2.05, 4.69) is 16.0 Å². The van der Waals surface area contributed by atoms with E-state index in [9.17, 15) is 0 Å². The molecule has 0 aromatic carbocycles. The number of pyridine rings is 1. The second-order valence-electron chi connectivity index (χ2n) is 4.46. The summed E-state index contributed by atoms with van der Waals surface area (Å²) >= 11 is 0. The molecule has 0 aliphatic heterocycles. The fourth-order valence-corrected chi connectivity index (χ4v) is 1.98. The number of hydrogen-bond acceptors (Lipinski definition) is 4. The summed E-state index contributed by atoms with van der Waals surface area (Å²) in [5, 5.41) is 8.78. The molecule has 4 nitrogen and oxygen atoms in total. The van der Waals surface area contributed by atoms with Gasteiger partial charge in [-0.15, -0.1) is 0 Å². The van der Waals surface area contributed by atoms with Gasteiger partial charge in [-0.2, -0.15) is 5.26 Å². The van der Waals surface area contributed by atoms with Gasteiger partial charge in [0, 0.05) is 12.2 Å². The Hall–Kier alpha value is -2.28. The second-order valence-corrected chi connectivity index (χ2v) is 4.46. The van der Waals surface area contributed by atoms with Crippen molar-refractivity contribution in [2.45, 2.75) is 25.4 Å². The largest absolute Gasteiger partial charge is 0.467 e. The van der Waals surface area contributed by atoms with Crippen LogP contribution in [-0.4, -0.2) is 11.0 Å². The van der Waals surface area contributed by atoms with Crippen LogP contribution >= 0.6 is 0 Å². The van der Waals surface area contributed by atoms with Gasteiger partial charge >= 0.3 is 0 Å². The van der Waals surface area contributed by atoms with Gasteiger partial charge in [0.25, 0.3) is 0 Å². The fourth-order valence-electron chi connectivity index (χ4n) is 1.98. The summed E-state index contributed by atoms with van der Waals surface area (Å²) in [6.07, 6.45) is 5.70. The predicted molar refractivity (Wildman–Crippen MR) is 66.9 cm³/mol. The molecule has 18 heavy (non-hydrogen) atoms. The number of hydrogen-bond donors (Lipinski definition) is 0. The molecule has 0 radical (unpaired) electrons. The van der Waals surface area contributed by atoms with Crippen LogP contribution in [0.4, 0.5) is 5.82 Å². The monoisotopic (exact) mass is 239 g/mol. The number of nitriles is 1. The van der Waals surface area contributed by atoms with E-state index in [1.54, 1.807) is 18.5 Å². The lowest BCUT2D eigenvalue weighted by atomic mass is 10.3. The van der Waals surface area contributed by atoms with Gasteiger partial charge < -0.3 is 9.32 Å². The highest BCUT2D eigenvalue weighted by Gasteiger charge is 2.30. The Kier molecular flexibility index (Phi) is 2.73. The molecule has 0 saturated heterocycles. The third kappa shape index (κ3) is 2.21. The van der Waals surface area contributed by atoms with Crippen LogP contribution in [0, 0.1) is 11.3 Å². The summed E-state index contributed by atoms with van der Waals surface area (Å²) in [7, 11) is 0. The van der Waals surface area contributed by atoms with Crippen LogP contribution in [0.3, 0.4) is 0 Å². The maximum absolute atomic E-state index is 8.78. The maximum atomic E-state index is 8.78. The van der Waals surface area contributed by atoms with Crippen LogP contribution in [0.1, 0.15) is 24.2 Å². The van der Waals surface area contributed by atoms with Gasteiger partial charge in [-0.05, 0) is 37.1 Å². The molecule has 90 valence electrons. The van der Waals surface area contributed by atoms with E-state index < -0.39 is 0 Å². The molecule has 1 aliphatic carbocycles. The summed E-state index contributed by atoms with van der Waals surface area (Å²) in [5.74, 6) is 1.85. The van der Waals surface area contributed by atoms with Crippen LogP contribution in [0.5, 0.6) is 0 Å². The summed E-state index contributed by atoms with van der Waals surface area (Å²) < 4.78 is 5.39. The van der Waals surface area contributed by atoms with Gasteiger partial charge in [0.2, 0.25) is 0 Å². The number of anilines is 1. The molecule has 0 N–H and O–H groups in total. The Labute approximate surface area is 105 Å². The molecule has 0 atom stereocenters. The number of furan rings is 1. The molecule has 0 spiro atoms. The fraction of sp³-hybridized carbons (Fsp3) is 0.286. The van der Waals surface area contributed by atoms with Crippen LogP contribution in [0.15, 0.2) is 41.1 Å². The minimum atomic E-state index is 0.551. The maximum Gasteiger partial charge on any atom is 0.129 e. The molecule has 1 saturated carbocycles. The summed E-state index contributed by atoms with van der Waals surface area (Å²) in [5.41, 5.74) is 0.590. The Morgan fingerprint density at radius 3 is 2.83 bits per heavy atom. The van der Waals surface area contributed by atoms with Crippen LogP contribution in [0.25, 0.3) is 0 Å². The molecular weight excluding hydrogens is 226 g/mol. The zero-order valence-electron chi connectivity index (χ0n) is 9.91. The lowest BCUT2D eigenvalue weighted by molar-refractivity contribution is 0.500. The standard InChI is InChI=1S/C14H13N3O/c15-8-11-3-6-14(16-9-11)17(12-4-5-12)10-13-2-1-7-18-13/h1-3,6-7,9,12H,4-5,10H2. The molecule has 1 fully saturated rings. The van der Waals surface area contributed by atoms with Gasteiger partial charge in [0.05, 0.1) is 18.4 Å². The van der Waals surface area contributed by atoms with E-state index in [-0.39, 0.29) is 0 Å². The van der Waals surface area contributed by atoms with Crippen molar-refractivity contribution in [1.29, 1.82) is 5.26 Å². The summed E-state index contributed by atoms with van der Waals surface area (Å²) in [6.45, 7) is 0.733. The highest BCUT2D eigenvalue weighted by Crippen LogP contribution is 2.32. The molecule has 1 aliphatic rings. The predicted octanol–water partition coefficient (Wildman–Crippen LogP) is 2.72. The molecule has 2 heterocycles. The lowest BCUT2D eigenvalue weighted by Gasteiger charge is -2.22. The summed E-state index contributed by atoms with van der Waals surface area (Å²) in [6, 6.07) is 10.2. The van der Waals surface area contributed by atoms with E-state index in [0.29, 0.717) is 11.6 Å².